The molecule has 154 valence electrons. The highest BCUT2D eigenvalue weighted by Crippen LogP contribution is 2.24. The number of rotatable bonds is 7. The van der Waals surface area contributed by atoms with Gasteiger partial charge in [0.15, 0.2) is 0 Å². The maximum Gasteiger partial charge on any atom is 0.337 e. The molecule has 3 rings (SSSR count). The number of esters is 1. The van der Waals surface area contributed by atoms with E-state index in [4.69, 9.17) is 4.74 Å². The molecule has 0 radical (unpaired) electrons. The van der Waals surface area contributed by atoms with E-state index in [2.05, 4.69) is 40.0 Å². The van der Waals surface area contributed by atoms with Crippen LogP contribution < -0.4 is 10.6 Å². The Morgan fingerprint density at radius 3 is 2.69 bits per heavy atom. The fourth-order valence-electron chi connectivity index (χ4n) is 2.96. The molecule has 0 bridgehead atoms. The quantitative estimate of drug-likeness (QED) is 0.527. The third-order valence-corrected chi connectivity index (χ3v) is 5.40. The van der Waals surface area contributed by atoms with E-state index in [1.807, 2.05) is 24.3 Å². The van der Waals surface area contributed by atoms with E-state index in [1.54, 1.807) is 18.5 Å². The second-order valence-corrected chi connectivity index (χ2v) is 7.78. The molecule has 9 nitrogen and oxygen atoms in total. The van der Waals surface area contributed by atoms with Crippen molar-refractivity contribution < 1.29 is 14.3 Å². The molecule has 29 heavy (non-hydrogen) atoms. The van der Waals surface area contributed by atoms with Gasteiger partial charge in [-0.15, -0.1) is 5.10 Å². The van der Waals surface area contributed by atoms with E-state index in [0.29, 0.717) is 28.1 Å². The van der Waals surface area contributed by atoms with E-state index >= 15 is 0 Å². The van der Waals surface area contributed by atoms with Gasteiger partial charge in [0, 0.05) is 11.4 Å². The van der Waals surface area contributed by atoms with Crippen LogP contribution in [0.2, 0.25) is 0 Å². The van der Waals surface area contributed by atoms with Gasteiger partial charge in [-0.05, 0) is 47.9 Å². The number of ether oxygens (including phenoxy) is 1. The van der Waals surface area contributed by atoms with Crippen LogP contribution in [0.5, 0.6) is 0 Å². The Bertz CT molecular complexity index is 922. The van der Waals surface area contributed by atoms with Gasteiger partial charge in [-0.25, -0.2) is 9.59 Å². The molecular formula is C19H24N6O3S. The smallest absolute Gasteiger partial charge is 0.337 e. The average Bonchev–Trinajstić information content (AvgIpc) is 3.14. The van der Waals surface area contributed by atoms with Crippen molar-refractivity contribution in [1.29, 1.82) is 0 Å². The molecule has 0 aliphatic carbocycles. The number of thioether (sulfide) groups is 1. The fourth-order valence-corrected chi connectivity index (χ4v) is 3.82. The number of nitrogens with one attached hydrogen (secondary N) is 2. The maximum absolute atomic E-state index is 12.3. The lowest BCUT2D eigenvalue weighted by atomic mass is 10.0. The number of carbonyl (C=O) groups excluding carboxylic acids is 2. The largest absolute Gasteiger partial charge is 0.463 e. The lowest BCUT2D eigenvalue weighted by molar-refractivity contribution is -0.138. The SMILES string of the molecule is CCOC(=O)C1=C(CSc2nnnn2-c2ccc(C(C)C)cc2)NC(=O)N[C@@H]1C. The van der Waals surface area contributed by atoms with Gasteiger partial charge < -0.3 is 15.4 Å². The van der Waals surface area contributed by atoms with Gasteiger partial charge in [0.25, 0.3) is 0 Å². The molecule has 1 aliphatic heterocycles. The minimum atomic E-state index is -0.452. The zero-order chi connectivity index (χ0) is 21.0. The molecule has 1 aliphatic rings. The van der Waals surface area contributed by atoms with Gasteiger partial charge in [-0.3, -0.25) is 0 Å². The molecule has 1 aromatic carbocycles. The molecule has 2 aromatic rings. The van der Waals surface area contributed by atoms with Crippen LogP contribution in [-0.4, -0.2) is 50.6 Å². The summed E-state index contributed by atoms with van der Waals surface area (Å²) in [6.07, 6.45) is 0. The van der Waals surface area contributed by atoms with Crippen molar-refractivity contribution in [2.24, 2.45) is 0 Å². The molecule has 10 heteroatoms. The van der Waals surface area contributed by atoms with Gasteiger partial charge in [0.1, 0.15) is 0 Å². The van der Waals surface area contributed by atoms with E-state index in [0.717, 1.165) is 5.69 Å². The van der Waals surface area contributed by atoms with Crippen LogP contribution in [0.3, 0.4) is 0 Å². The van der Waals surface area contributed by atoms with Crippen LogP contribution in [0.15, 0.2) is 40.7 Å². The van der Waals surface area contributed by atoms with Gasteiger partial charge in [0.05, 0.1) is 23.9 Å². The monoisotopic (exact) mass is 416 g/mol. The maximum atomic E-state index is 12.3. The Kier molecular flexibility index (Phi) is 6.53. The molecule has 2 N–H and O–H groups in total. The Hall–Kier alpha value is -2.88. The van der Waals surface area contributed by atoms with Gasteiger partial charge >= 0.3 is 12.0 Å². The Labute approximate surface area is 173 Å². The lowest BCUT2D eigenvalue weighted by Crippen LogP contribution is -2.49. The third-order valence-electron chi connectivity index (χ3n) is 4.46. The van der Waals surface area contributed by atoms with Crippen LogP contribution in [-0.2, 0) is 9.53 Å². The normalized spacial score (nSPS) is 16.6. The number of tetrazole rings is 1. The van der Waals surface area contributed by atoms with Crippen molar-refractivity contribution in [2.45, 2.75) is 44.8 Å². The molecule has 0 spiro atoms. The number of nitrogens with zero attached hydrogens (tertiary/aromatic N) is 4. The molecule has 0 unspecified atom stereocenters. The first-order valence-electron chi connectivity index (χ1n) is 9.39. The summed E-state index contributed by atoms with van der Waals surface area (Å²) >= 11 is 1.33. The molecule has 0 fully saturated rings. The minimum absolute atomic E-state index is 0.258. The van der Waals surface area contributed by atoms with Crippen LogP contribution in [0.1, 0.15) is 39.2 Å². The van der Waals surface area contributed by atoms with Crippen LogP contribution in [0.25, 0.3) is 5.69 Å². The summed E-state index contributed by atoms with van der Waals surface area (Å²) < 4.78 is 6.77. The zero-order valence-corrected chi connectivity index (χ0v) is 17.6. The summed E-state index contributed by atoms with van der Waals surface area (Å²) in [4.78, 5) is 24.2. The number of carbonyl (C=O) groups is 2. The zero-order valence-electron chi connectivity index (χ0n) is 16.8. The summed E-state index contributed by atoms with van der Waals surface area (Å²) in [5.41, 5.74) is 2.96. The summed E-state index contributed by atoms with van der Waals surface area (Å²) in [6, 6.07) is 7.22. The van der Waals surface area contributed by atoms with Crippen LogP contribution in [0, 0.1) is 0 Å². The Balaban J connectivity index is 1.82. The van der Waals surface area contributed by atoms with E-state index in [-0.39, 0.29) is 12.6 Å². The Morgan fingerprint density at radius 2 is 2.03 bits per heavy atom. The molecule has 1 atom stereocenters. The molecule has 0 saturated heterocycles. The molecule has 0 saturated carbocycles. The van der Waals surface area contributed by atoms with Gasteiger partial charge in [0.2, 0.25) is 5.16 Å². The van der Waals surface area contributed by atoms with Gasteiger partial charge in [-0.1, -0.05) is 37.7 Å². The minimum Gasteiger partial charge on any atom is -0.463 e. The topological polar surface area (TPSA) is 111 Å². The van der Waals surface area contributed by atoms with Crippen molar-refractivity contribution in [1.82, 2.24) is 30.8 Å². The Morgan fingerprint density at radius 1 is 1.31 bits per heavy atom. The van der Waals surface area contributed by atoms with Crippen molar-refractivity contribution in [3.05, 3.63) is 41.1 Å². The summed E-state index contributed by atoms with van der Waals surface area (Å²) in [6.45, 7) is 8.02. The third kappa shape index (κ3) is 4.76. The standard InChI is InChI=1S/C19H24N6O3S/c1-5-28-17(26)16-12(4)20-18(27)21-15(16)10-29-19-22-23-24-25(19)14-8-6-13(7-9-14)11(2)3/h6-9,11-12H,5,10H2,1-4H3,(H2,20,21,27)/t12-/m1/s1. The highest BCUT2D eigenvalue weighted by molar-refractivity contribution is 7.99. The highest BCUT2D eigenvalue weighted by atomic mass is 32.2. The van der Waals surface area contributed by atoms with E-state index < -0.39 is 12.0 Å². The number of hydrogen-bond donors (Lipinski definition) is 2. The van der Waals surface area contributed by atoms with E-state index in [1.165, 1.54) is 17.3 Å². The van der Waals surface area contributed by atoms with Crippen molar-refractivity contribution in [3.63, 3.8) is 0 Å². The van der Waals surface area contributed by atoms with E-state index in [9.17, 15) is 9.59 Å². The van der Waals surface area contributed by atoms with Gasteiger partial charge in [-0.2, -0.15) is 4.68 Å². The average molecular weight is 417 g/mol. The number of aromatic nitrogens is 4. The number of urea groups is 1. The van der Waals surface area contributed by atoms with Crippen molar-refractivity contribution in [3.8, 4) is 5.69 Å². The molecule has 1 aromatic heterocycles. The number of amides is 2. The predicted octanol–water partition coefficient (Wildman–Crippen LogP) is 2.40. The summed E-state index contributed by atoms with van der Waals surface area (Å²) in [5.74, 6) is 0.300. The van der Waals surface area contributed by atoms with Crippen LogP contribution >= 0.6 is 11.8 Å². The highest BCUT2D eigenvalue weighted by Gasteiger charge is 2.30. The summed E-state index contributed by atoms with van der Waals surface area (Å²) in [5, 5.41) is 17.9. The molecule has 2 heterocycles. The van der Waals surface area contributed by atoms with Crippen molar-refractivity contribution in [2.75, 3.05) is 12.4 Å². The number of hydrogen-bond acceptors (Lipinski definition) is 7. The summed E-state index contributed by atoms with van der Waals surface area (Å²) in [7, 11) is 0. The fraction of sp³-hybridized carbons (Fsp3) is 0.421. The van der Waals surface area contributed by atoms with Crippen LogP contribution in [0.4, 0.5) is 4.79 Å². The predicted molar refractivity (Wildman–Crippen MR) is 109 cm³/mol. The first-order valence-corrected chi connectivity index (χ1v) is 10.4. The second-order valence-electron chi connectivity index (χ2n) is 6.84. The number of benzene rings is 1. The lowest BCUT2D eigenvalue weighted by Gasteiger charge is -2.26. The second kappa shape index (κ2) is 9.08. The first-order chi connectivity index (χ1) is 13.9. The molecular weight excluding hydrogens is 392 g/mol. The van der Waals surface area contributed by atoms with Crippen molar-refractivity contribution >= 4 is 23.8 Å². The molecule has 2 amide bonds. The first kappa shape index (κ1) is 20.8.